The van der Waals surface area contributed by atoms with E-state index in [0.717, 1.165) is 24.8 Å². The quantitative estimate of drug-likeness (QED) is 0.766. The molecule has 0 amide bonds. The highest BCUT2D eigenvalue weighted by molar-refractivity contribution is 4.97. The molecule has 0 aromatic carbocycles. The lowest BCUT2D eigenvalue weighted by Crippen LogP contribution is -2.43. The summed E-state index contributed by atoms with van der Waals surface area (Å²) in [6, 6.07) is 3.97. The van der Waals surface area contributed by atoms with E-state index in [2.05, 4.69) is 17.3 Å². The van der Waals surface area contributed by atoms with E-state index >= 15 is 0 Å². The second-order valence-corrected chi connectivity index (χ2v) is 4.13. The largest absolute Gasteiger partial charge is 0.468 e. The lowest BCUT2D eigenvalue weighted by molar-refractivity contribution is 0.240. The minimum absolute atomic E-state index is 0.897. The predicted octanol–water partition coefficient (Wildman–Crippen LogP) is 1.32. The molecule has 0 aliphatic carbocycles. The van der Waals surface area contributed by atoms with Gasteiger partial charge in [0.1, 0.15) is 5.76 Å². The SMILES string of the molecule is CN(CCC1CNC1)Cc1ccco1. The smallest absolute Gasteiger partial charge is 0.117 e. The Balaban J connectivity index is 1.65. The summed E-state index contributed by atoms with van der Waals surface area (Å²) in [5.41, 5.74) is 0. The highest BCUT2D eigenvalue weighted by atomic mass is 16.3. The zero-order chi connectivity index (χ0) is 9.80. The van der Waals surface area contributed by atoms with Crippen LogP contribution >= 0.6 is 0 Å². The second kappa shape index (κ2) is 4.62. The first-order valence-electron chi connectivity index (χ1n) is 5.26. The zero-order valence-electron chi connectivity index (χ0n) is 8.70. The van der Waals surface area contributed by atoms with E-state index in [1.165, 1.54) is 19.5 Å². The summed E-state index contributed by atoms with van der Waals surface area (Å²) >= 11 is 0. The Morgan fingerprint density at radius 3 is 3.00 bits per heavy atom. The maximum atomic E-state index is 5.30. The van der Waals surface area contributed by atoms with Crippen LogP contribution in [0.5, 0.6) is 0 Å². The first-order chi connectivity index (χ1) is 6.84. The molecule has 1 saturated heterocycles. The topological polar surface area (TPSA) is 28.4 Å². The van der Waals surface area contributed by atoms with Gasteiger partial charge < -0.3 is 9.73 Å². The molecule has 78 valence electrons. The van der Waals surface area contributed by atoms with Crippen molar-refractivity contribution in [3.8, 4) is 0 Å². The summed E-state index contributed by atoms with van der Waals surface area (Å²) in [5, 5.41) is 3.29. The van der Waals surface area contributed by atoms with Crippen LogP contribution in [0, 0.1) is 5.92 Å². The maximum Gasteiger partial charge on any atom is 0.117 e. The van der Waals surface area contributed by atoms with Crippen molar-refractivity contribution in [3.63, 3.8) is 0 Å². The van der Waals surface area contributed by atoms with Gasteiger partial charge in [-0.05, 0) is 51.2 Å². The van der Waals surface area contributed by atoms with Crippen LogP contribution in [0.1, 0.15) is 12.2 Å². The van der Waals surface area contributed by atoms with Crippen molar-refractivity contribution < 1.29 is 4.42 Å². The first kappa shape index (κ1) is 9.74. The fourth-order valence-electron chi connectivity index (χ4n) is 1.70. The monoisotopic (exact) mass is 194 g/mol. The molecule has 3 nitrogen and oxygen atoms in total. The maximum absolute atomic E-state index is 5.30. The van der Waals surface area contributed by atoms with Crippen LogP contribution in [0.15, 0.2) is 22.8 Å². The van der Waals surface area contributed by atoms with Gasteiger partial charge in [0.25, 0.3) is 0 Å². The van der Waals surface area contributed by atoms with Gasteiger partial charge in [-0.15, -0.1) is 0 Å². The summed E-state index contributed by atoms with van der Waals surface area (Å²) in [5.74, 6) is 1.95. The Morgan fingerprint density at radius 1 is 1.57 bits per heavy atom. The Kier molecular flexibility index (Phi) is 3.22. The van der Waals surface area contributed by atoms with Gasteiger partial charge >= 0.3 is 0 Å². The molecule has 3 heteroatoms. The zero-order valence-corrected chi connectivity index (χ0v) is 8.70. The number of nitrogens with one attached hydrogen (secondary N) is 1. The number of hydrogen-bond acceptors (Lipinski definition) is 3. The van der Waals surface area contributed by atoms with Gasteiger partial charge in [-0.1, -0.05) is 0 Å². The third kappa shape index (κ3) is 2.59. The van der Waals surface area contributed by atoms with Crippen molar-refractivity contribution >= 4 is 0 Å². The normalized spacial score (nSPS) is 17.3. The molecule has 1 fully saturated rings. The average molecular weight is 194 g/mol. The van der Waals surface area contributed by atoms with E-state index < -0.39 is 0 Å². The molecule has 0 spiro atoms. The molecule has 0 saturated carbocycles. The van der Waals surface area contributed by atoms with Gasteiger partial charge in [0.05, 0.1) is 12.8 Å². The highest BCUT2D eigenvalue weighted by Gasteiger charge is 2.16. The molecule has 2 heterocycles. The molecule has 1 aromatic rings. The minimum atomic E-state index is 0.897. The summed E-state index contributed by atoms with van der Waals surface area (Å²) in [4.78, 5) is 2.32. The summed E-state index contributed by atoms with van der Waals surface area (Å²) in [6.07, 6.45) is 3.03. The third-order valence-corrected chi connectivity index (χ3v) is 2.79. The van der Waals surface area contributed by atoms with Gasteiger partial charge in [0.2, 0.25) is 0 Å². The molecule has 14 heavy (non-hydrogen) atoms. The first-order valence-corrected chi connectivity index (χ1v) is 5.26. The van der Waals surface area contributed by atoms with Gasteiger partial charge in [-0.2, -0.15) is 0 Å². The molecule has 0 unspecified atom stereocenters. The number of hydrogen-bond donors (Lipinski definition) is 1. The Labute approximate surface area is 85.1 Å². The number of furan rings is 1. The number of nitrogens with zero attached hydrogens (tertiary/aromatic N) is 1. The Morgan fingerprint density at radius 2 is 2.43 bits per heavy atom. The van der Waals surface area contributed by atoms with Crippen LogP contribution in [0.25, 0.3) is 0 Å². The summed E-state index contributed by atoms with van der Waals surface area (Å²) < 4.78 is 5.30. The van der Waals surface area contributed by atoms with Crippen LogP contribution in [0.2, 0.25) is 0 Å². The van der Waals surface area contributed by atoms with Crippen LogP contribution in [-0.4, -0.2) is 31.6 Å². The summed E-state index contributed by atoms with van der Waals surface area (Å²) in [6.45, 7) is 4.49. The van der Waals surface area contributed by atoms with Crippen molar-refractivity contribution in [2.24, 2.45) is 5.92 Å². The van der Waals surface area contributed by atoms with Crippen molar-refractivity contribution in [1.29, 1.82) is 0 Å². The van der Waals surface area contributed by atoms with Gasteiger partial charge in [-0.25, -0.2) is 0 Å². The van der Waals surface area contributed by atoms with E-state index in [1.54, 1.807) is 6.26 Å². The Bertz CT molecular complexity index is 254. The Hall–Kier alpha value is -0.800. The molecular weight excluding hydrogens is 176 g/mol. The van der Waals surface area contributed by atoms with E-state index in [4.69, 9.17) is 4.42 Å². The molecule has 0 atom stereocenters. The molecule has 2 rings (SSSR count). The van der Waals surface area contributed by atoms with Crippen LogP contribution in [0.3, 0.4) is 0 Å². The van der Waals surface area contributed by atoms with E-state index in [9.17, 15) is 0 Å². The van der Waals surface area contributed by atoms with Crippen molar-refractivity contribution in [1.82, 2.24) is 10.2 Å². The molecule has 1 aromatic heterocycles. The van der Waals surface area contributed by atoms with Crippen LogP contribution in [0.4, 0.5) is 0 Å². The molecule has 1 aliphatic heterocycles. The predicted molar refractivity (Wildman–Crippen MR) is 56.0 cm³/mol. The highest BCUT2D eigenvalue weighted by Crippen LogP contribution is 2.10. The summed E-state index contributed by atoms with van der Waals surface area (Å²) in [7, 11) is 2.15. The molecule has 0 bridgehead atoms. The van der Waals surface area contributed by atoms with Gasteiger partial charge in [-0.3, -0.25) is 4.90 Å². The van der Waals surface area contributed by atoms with Crippen molar-refractivity contribution in [3.05, 3.63) is 24.2 Å². The van der Waals surface area contributed by atoms with Gasteiger partial charge in [0, 0.05) is 0 Å². The molecule has 0 radical (unpaired) electrons. The fourth-order valence-corrected chi connectivity index (χ4v) is 1.70. The second-order valence-electron chi connectivity index (χ2n) is 4.13. The van der Waals surface area contributed by atoms with E-state index in [1.807, 2.05) is 12.1 Å². The van der Waals surface area contributed by atoms with Crippen molar-refractivity contribution in [2.45, 2.75) is 13.0 Å². The standard InChI is InChI=1S/C11H18N2O/c1-13(5-4-10-7-12-8-10)9-11-3-2-6-14-11/h2-3,6,10,12H,4-5,7-9H2,1H3. The third-order valence-electron chi connectivity index (χ3n) is 2.79. The number of rotatable bonds is 5. The van der Waals surface area contributed by atoms with Crippen molar-refractivity contribution in [2.75, 3.05) is 26.7 Å². The minimum Gasteiger partial charge on any atom is -0.468 e. The fraction of sp³-hybridized carbons (Fsp3) is 0.636. The molecule has 1 N–H and O–H groups in total. The average Bonchev–Trinajstić information content (AvgIpc) is 2.54. The van der Waals surface area contributed by atoms with Gasteiger partial charge in [0.15, 0.2) is 0 Å². The van der Waals surface area contributed by atoms with E-state index in [0.29, 0.717) is 0 Å². The molecule has 1 aliphatic rings. The lowest BCUT2D eigenvalue weighted by Gasteiger charge is -2.28. The van der Waals surface area contributed by atoms with Crippen LogP contribution < -0.4 is 5.32 Å². The lowest BCUT2D eigenvalue weighted by atomic mass is 9.99. The van der Waals surface area contributed by atoms with E-state index in [-0.39, 0.29) is 0 Å². The molecular formula is C11H18N2O. The van der Waals surface area contributed by atoms with Crippen LogP contribution in [-0.2, 0) is 6.54 Å².